The second kappa shape index (κ2) is 8.53. The van der Waals surface area contributed by atoms with Crippen LogP contribution in [0.1, 0.15) is 23.5 Å². The molecule has 0 radical (unpaired) electrons. The van der Waals surface area contributed by atoms with Gasteiger partial charge in [-0.05, 0) is 29.7 Å². The molecule has 2 atom stereocenters. The summed E-state index contributed by atoms with van der Waals surface area (Å²) in [6.45, 7) is 7.09. The van der Waals surface area contributed by atoms with Gasteiger partial charge in [0.25, 0.3) is 0 Å². The summed E-state index contributed by atoms with van der Waals surface area (Å²) in [6, 6.07) is 19.9. The summed E-state index contributed by atoms with van der Waals surface area (Å²) in [5.41, 5.74) is 2.80. The third kappa shape index (κ3) is 4.29. The topological polar surface area (TPSA) is 15.7 Å². The van der Waals surface area contributed by atoms with Crippen LogP contribution < -0.4 is 0 Å². The minimum atomic E-state index is 0.517. The molecular formula is C22H27ClN2O. The molecule has 0 unspecified atom stereocenters. The molecule has 2 heterocycles. The number of piperidine rings is 1. The molecule has 0 saturated carbocycles. The first-order valence-corrected chi connectivity index (χ1v) is 10.0. The summed E-state index contributed by atoms with van der Waals surface area (Å²) in [7, 11) is 0. The molecule has 2 saturated heterocycles. The Bertz CT molecular complexity index is 685. The van der Waals surface area contributed by atoms with E-state index in [1.165, 1.54) is 17.5 Å². The van der Waals surface area contributed by atoms with Crippen LogP contribution in [0.25, 0.3) is 0 Å². The Balaban J connectivity index is 1.53. The summed E-state index contributed by atoms with van der Waals surface area (Å²) in [5.74, 6) is 0.517. The zero-order valence-corrected chi connectivity index (χ0v) is 15.9. The van der Waals surface area contributed by atoms with Crippen molar-refractivity contribution in [1.29, 1.82) is 0 Å². The number of nitrogens with zero attached hydrogens (tertiary/aromatic N) is 2. The maximum Gasteiger partial charge on any atom is 0.0594 e. The molecule has 138 valence electrons. The summed E-state index contributed by atoms with van der Waals surface area (Å²) in [4.78, 5) is 5.24. The number of ether oxygens (including phenoxy) is 1. The smallest absolute Gasteiger partial charge is 0.0594 e. The number of hydrogen-bond donors (Lipinski definition) is 0. The lowest BCUT2D eigenvalue weighted by Crippen LogP contribution is -2.52. The summed E-state index contributed by atoms with van der Waals surface area (Å²) in [6.07, 6.45) is 1.21. The molecule has 2 aliphatic rings. The van der Waals surface area contributed by atoms with Crippen molar-refractivity contribution >= 4 is 11.6 Å². The van der Waals surface area contributed by atoms with Crippen molar-refractivity contribution in [3.63, 3.8) is 0 Å². The number of halogens is 1. The van der Waals surface area contributed by atoms with E-state index < -0.39 is 0 Å². The van der Waals surface area contributed by atoms with Gasteiger partial charge in [0, 0.05) is 49.7 Å². The maximum atomic E-state index is 6.13. The Morgan fingerprint density at radius 1 is 0.923 bits per heavy atom. The molecule has 2 aromatic carbocycles. The lowest BCUT2D eigenvalue weighted by molar-refractivity contribution is -0.00731. The minimum Gasteiger partial charge on any atom is -0.379 e. The lowest BCUT2D eigenvalue weighted by atomic mass is 9.84. The molecule has 2 aromatic rings. The van der Waals surface area contributed by atoms with E-state index in [-0.39, 0.29) is 0 Å². The molecule has 0 spiro atoms. The van der Waals surface area contributed by atoms with Crippen LogP contribution in [0.15, 0.2) is 54.6 Å². The standard InChI is InChI=1S/C22H27ClN2O/c23-20-8-6-19(7-9-20)21-17-24(16-18-4-2-1-3-5-18)11-10-22(21)25-12-14-26-15-13-25/h1-9,21-22H,10-17H2/t21-,22-/m1/s1. The molecule has 26 heavy (non-hydrogen) atoms. The number of rotatable bonds is 4. The number of morpholine rings is 1. The molecule has 0 aliphatic carbocycles. The quantitative estimate of drug-likeness (QED) is 0.808. The predicted octanol–water partition coefficient (Wildman–Crippen LogP) is 4.03. The first-order valence-electron chi connectivity index (χ1n) is 9.63. The van der Waals surface area contributed by atoms with Gasteiger partial charge in [-0.25, -0.2) is 0 Å². The highest BCUT2D eigenvalue weighted by atomic mass is 35.5. The average Bonchev–Trinajstić information content (AvgIpc) is 2.70. The highest BCUT2D eigenvalue weighted by Crippen LogP contribution is 2.32. The minimum absolute atomic E-state index is 0.517. The molecular weight excluding hydrogens is 344 g/mol. The summed E-state index contributed by atoms with van der Waals surface area (Å²) >= 11 is 6.13. The van der Waals surface area contributed by atoms with Crippen LogP contribution >= 0.6 is 11.6 Å². The molecule has 0 amide bonds. The fourth-order valence-corrected chi connectivity index (χ4v) is 4.50. The van der Waals surface area contributed by atoms with E-state index in [1.807, 2.05) is 12.1 Å². The van der Waals surface area contributed by atoms with Gasteiger partial charge in [-0.3, -0.25) is 9.80 Å². The van der Waals surface area contributed by atoms with Gasteiger partial charge in [0.05, 0.1) is 13.2 Å². The number of hydrogen-bond acceptors (Lipinski definition) is 3. The SMILES string of the molecule is Clc1ccc([C@H]2CN(Cc3ccccc3)CC[C@H]2N2CCOCC2)cc1. The largest absolute Gasteiger partial charge is 0.379 e. The second-order valence-electron chi connectivity index (χ2n) is 7.38. The normalized spacial score (nSPS) is 25.3. The van der Waals surface area contributed by atoms with Crippen molar-refractivity contribution in [3.8, 4) is 0 Å². The number of likely N-dealkylation sites (tertiary alicyclic amines) is 1. The first kappa shape index (κ1) is 18.0. The van der Waals surface area contributed by atoms with E-state index in [2.05, 4.69) is 52.3 Å². The van der Waals surface area contributed by atoms with Gasteiger partial charge in [0.2, 0.25) is 0 Å². The molecule has 3 nitrogen and oxygen atoms in total. The van der Waals surface area contributed by atoms with Crippen LogP contribution in [0.4, 0.5) is 0 Å². The van der Waals surface area contributed by atoms with Gasteiger partial charge in [-0.1, -0.05) is 54.1 Å². The third-order valence-corrected chi connectivity index (χ3v) is 5.97. The number of benzene rings is 2. The van der Waals surface area contributed by atoms with Crippen LogP contribution in [0.5, 0.6) is 0 Å². The molecule has 0 N–H and O–H groups in total. The van der Waals surface area contributed by atoms with Crippen LogP contribution in [0.3, 0.4) is 0 Å². The van der Waals surface area contributed by atoms with Crippen LogP contribution in [-0.2, 0) is 11.3 Å². The molecule has 2 fully saturated rings. The average molecular weight is 371 g/mol. The van der Waals surface area contributed by atoms with E-state index in [1.54, 1.807) is 0 Å². The Morgan fingerprint density at radius 2 is 1.65 bits per heavy atom. The Labute approximate surface area is 161 Å². The summed E-state index contributed by atoms with van der Waals surface area (Å²) in [5, 5.41) is 0.814. The van der Waals surface area contributed by atoms with Gasteiger partial charge in [0.15, 0.2) is 0 Å². The third-order valence-electron chi connectivity index (χ3n) is 5.72. The monoisotopic (exact) mass is 370 g/mol. The molecule has 4 heteroatoms. The van der Waals surface area contributed by atoms with Gasteiger partial charge in [0.1, 0.15) is 0 Å². The van der Waals surface area contributed by atoms with Crippen LogP contribution in [0.2, 0.25) is 5.02 Å². The fraction of sp³-hybridized carbons (Fsp3) is 0.455. The Morgan fingerprint density at radius 3 is 2.38 bits per heavy atom. The van der Waals surface area contributed by atoms with Crippen molar-refractivity contribution in [3.05, 3.63) is 70.7 Å². The fourth-order valence-electron chi connectivity index (χ4n) is 4.38. The molecule has 2 aliphatic heterocycles. The second-order valence-corrected chi connectivity index (χ2v) is 7.82. The predicted molar refractivity (Wildman–Crippen MR) is 107 cm³/mol. The molecule has 0 bridgehead atoms. The van der Waals surface area contributed by atoms with E-state index in [0.29, 0.717) is 12.0 Å². The van der Waals surface area contributed by atoms with Crippen molar-refractivity contribution < 1.29 is 4.74 Å². The van der Waals surface area contributed by atoms with Gasteiger partial charge in [-0.2, -0.15) is 0 Å². The van der Waals surface area contributed by atoms with Crippen molar-refractivity contribution in [2.24, 2.45) is 0 Å². The zero-order valence-electron chi connectivity index (χ0n) is 15.2. The van der Waals surface area contributed by atoms with E-state index in [0.717, 1.165) is 51.0 Å². The van der Waals surface area contributed by atoms with E-state index >= 15 is 0 Å². The van der Waals surface area contributed by atoms with E-state index in [4.69, 9.17) is 16.3 Å². The molecule has 4 rings (SSSR count). The summed E-state index contributed by atoms with van der Waals surface area (Å²) < 4.78 is 5.58. The van der Waals surface area contributed by atoms with Crippen molar-refractivity contribution in [1.82, 2.24) is 9.80 Å². The zero-order chi connectivity index (χ0) is 17.8. The van der Waals surface area contributed by atoms with Gasteiger partial charge >= 0.3 is 0 Å². The van der Waals surface area contributed by atoms with Crippen LogP contribution in [-0.4, -0.2) is 55.2 Å². The highest BCUT2D eigenvalue weighted by Gasteiger charge is 2.34. The van der Waals surface area contributed by atoms with Crippen molar-refractivity contribution in [2.75, 3.05) is 39.4 Å². The highest BCUT2D eigenvalue weighted by molar-refractivity contribution is 6.30. The Kier molecular flexibility index (Phi) is 5.91. The molecule has 0 aromatic heterocycles. The Hall–Kier alpha value is -1.39. The first-order chi connectivity index (χ1) is 12.8. The lowest BCUT2D eigenvalue weighted by Gasteiger charge is -2.45. The van der Waals surface area contributed by atoms with Crippen molar-refractivity contribution in [2.45, 2.75) is 24.9 Å². The maximum absolute atomic E-state index is 6.13. The van der Waals surface area contributed by atoms with Crippen LogP contribution in [0, 0.1) is 0 Å². The van der Waals surface area contributed by atoms with Gasteiger partial charge in [-0.15, -0.1) is 0 Å². The van der Waals surface area contributed by atoms with E-state index in [9.17, 15) is 0 Å². The van der Waals surface area contributed by atoms with Gasteiger partial charge < -0.3 is 4.74 Å².